The number of amides is 1. The van der Waals surface area contributed by atoms with E-state index in [-0.39, 0.29) is 35.2 Å². The number of piperidine rings is 1. The molecule has 2 heterocycles. The number of hydrogen-bond acceptors (Lipinski definition) is 8. The van der Waals surface area contributed by atoms with Crippen LogP contribution in [0.5, 0.6) is 5.88 Å². The first kappa shape index (κ1) is 28.3. The fraction of sp³-hybridized carbons (Fsp3) is 0.593. The molecule has 2 aromatic rings. The van der Waals surface area contributed by atoms with Gasteiger partial charge in [-0.05, 0) is 43.6 Å². The lowest BCUT2D eigenvalue weighted by molar-refractivity contribution is -0.107. The summed E-state index contributed by atoms with van der Waals surface area (Å²) < 4.78 is 41.6. The molecule has 38 heavy (non-hydrogen) atoms. The number of aromatic nitrogens is 2. The zero-order valence-electron chi connectivity index (χ0n) is 21.9. The fourth-order valence-corrected chi connectivity index (χ4v) is 5.66. The summed E-state index contributed by atoms with van der Waals surface area (Å²) >= 11 is 0. The molecule has 11 heteroatoms. The summed E-state index contributed by atoms with van der Waals surface area (Å²) in [7, 11) is -3.40. The van der Waals surface area contributed by atoms with Gasteiger partial charge in [-0.25, -0.2) is 23.2 Å². The van der Waals surface area contributed by atoms with E-state index in [9.17, 15) is 18.3 Å². The van der Waals surface area contributed by atoms with Gasteiger partial charge >= 0.3 is 6.09 Å². The van der Waals surface area contributed by atoms with E-state index in [1.54, 1.807) is 0 Å². The van der Waals surface area contributed by atoms with Crippen molar-refractivity contribution in [2.45, 2.75) is 69.0 Å². The number of ether oxygens (including phenoxy) is 3. The molecule has 1 aliphatic carbocycles. The van der Waals surface area contributed by atoms with Crippen LogP contribution < -0.4 is 4.74 Å². The molecule has 1 saturated carbocycles. The predicted octanol–water partition coefficient (Wildman–Crippen LogP) is 3.81. The zero-order chi connectivity index (χ0) is 27.1. The molecule has 10 nitrogen and oxygen atoms in total. The average molecular weight is 548 g/mol. The topological polar surface area (TPSA) is 128 Å². The van der Waals surface area contributed by atoms with Gasteiger partial charge in [0.25, 0.3) is 0 Å². The Morgan fingerprint density at radius 3 is 2.42 bits per heavy atom. The lowest BCUT2D eigenvalue weighted by atomic mass is 9.84. The quantitative estimate of drug-likeness (QED) is 0.472. The number of nitrogens with zero attached hydrogens (tertiary/aromatic N) is 3. The zero-order valence-corrected chi connectivity index (χ0v) is 22.8. The number of sulfone groups is 1. The van der Waals surface area contributed by atoms with Gasteiger partial charge in [-0.1, -0.05) is 37.3 Å². The minimum absolute atomic E-state index is 0.0298. The first-order chi connectivity index (χ1) is 18.2. The maximum Gasteiger partial charge on any atom is 0.407 e. The van der Waals surface area contributed by atoms with Crippen LogP contribution in [0.25, 0.3) is 0 Å². The molecule has 1 N–H and O–H groups in total. The Morgan fingerprint density at radius 2 is 1.79 bits per heavy atom. The van der Waals surface area contributed by atoms with Crippen LogP contribution in [-0.4, -0.2) is 78.7 Å². The number of carboxylic acid groups (broad SMARTS) is 1. The molecule has 3 atom stereocenters. The number of rotatable bonds is 10. The van der Waals surface area contributed by atoms with Gasteiger partial charge in [0.15, 0.2) is 14.9 Å². The first-order valence-corrected chi connectivity index (χ1v) is 15.0. The van der Waals surface area contributed by atoms with E-state index in [4.69, 9.17) is 14.2 Å². The second-order valence-corrected chi connectivity index (χ2v) is 12.3. The van der Waals surface area contributed by atoms with Crippen LogP contribution >= 0.6 is 0 Å². The van der Waals surface area contributed by atoms with Gasteiger partial charge in [0.1, 0.15) is 6.10 Å². The van der Waals surface area contributed by atoms with Gasteiger partial charge in [0.05, 0.1) is 37.8 Å². The molecule has 4 rings (SSSR count). The van der Waals surface area contributed by atoms with Crippen molar-refractivity contribution in [1.82, 2.24) is 14.9 Å². The van der Waals surface area contributed by atoms with Crippen LogP contribution in [0.15, 0.2) is 47.8 Å². The van der Waals surface area contributed by atoms with E-state index < -0.39 is 15.9 Å². The van der Waals surface area contributed by atoms with Crippen LogP contribution in [0, 0.1) is 11.8 Å². The van der Waals surface area contributed by atoms with Crippen molar-refractivity contribution >= 4 is 15.9 Å². The number of hydrogen-bond donors (Lipinski definition) is 1. The SMILES string of the molecule is CC(COCc1ccccc1)C1CN(C(=O)O)CCC1OC1CCC(Oc2cnc(S(C)(=O)=O)cn2)CC1. The van der Waals surface area contributed by atoms with Gasteiger partial charge in [-0.3, -0.25) is 0 Å². The van der Waals surface area contributed by atoms with E-state index in [2.05, 4.69) is 16.9 Å². The molecule has 0 spiro atoms. The molecule has 1 aliphatic heterocycles. The third kappa shape index (κ3) is 7.87. The van der Waals surface area contributed by atoms with E-state index in [0.717, 1.165) is 37.5 Å². The maximum absolute atomic E-state index is 11.7. The van der Waals surface area contributed by atoms with E-state index in [1.807, 2.05) is 30.3 Å². The highest BCUT2D eigenvalue weighted by atomic mass is 32.2. The third-order valence-corrected chi connectivity index (χ3v) is 8.32. The Labute approximate surface area is 224 Å². The third-order valence-electron chi connectivity index (χ3n) is 7.35. The molecule has 3 unspecified atom stereocenters. The Kier molecular flexibility index (Phi) is 9.56. The van der Waals surface area contributed by atoms with Gasteiger partial charge < -0.3 is 24.2 Å². The lowest BCUT2D eigenvalue weighted by Gasteiger charge is -2.42. The molecular formula is C27H37N3O7S. The largest absolute Gasteiger partial charge is 0.473 e. The predicted molar refractivity (Wildman–Crippen MR) is 140 cm³/mol. The van der Waals surface area contributed by atoms with Crippen LogP contribution in [0.2, 0.25) is 0 Å². The molecule has 1 saturated heterocycles. The van der Waals surface area contributed by atoms with Gasteiger partial charge in [-0.15, -0.1) is 0 Å². The summed E-state index contributed by atoms with van der Waals surface area (Å²) in [5.41, 5.74) is 1.11. The van der Waals surface area contributed by atoms with Crippen molar-refractivity contribution in [3.8, 4) is 5.88 Å². The van der Waals surface area contributed by atoms with Crippen molar-refractivity contribution < 1.29 is 32.5 Å². The Hall–Kier alpha value is -2.76. The molecule has 0 bridgehead atoms. The van der Waals surface area contributed by atoms with Crippen molar-refractivity contribution in [1.29, 1.82) is 0 Å². The highest BCUT2D eigenvalue weighted by molar-refractivity contribution is 7.90. The second kappa shape index (κ2) is 12.9. The number of likely N-dealkylation sites (tertiary alicyclic amines) is 1. The van der Waals surface area contributed by atoms with Crippen LogP contribution in [-0.2, 0) is 25.9 Å². The molecule has 1 amide bonds. The van der Waals surface area contributed by atoms with Crippen LogP contribution in [0.3, 0.4) is 0 Å². The average Bonchev–Trinajstić information content (AvgIpc) is 2.90. The van der Waals surface area contributed by atoms with Crippen LogP contribution in [0.4, 0.5) is 4.79 Å². The summed E-state index contributed by atoms with van der Waals surface area (Å²) in [6.45, 7) is 4.08. The fourth-order valence-electron chi connectivity index (χ4n) is 5.17. The number of benzene rings is 1. The molecule has 2 aliphatic rings. The van der Waals surface area contributed by atoms with Crippen molar-refractivity contribution in [3.63, 3.8) is 0 Å². The van der Waals surface area contributed by atoms with Crippen molar-refractivity contribution in [3.05, 3.63) is 48.3 Å². The summed E-state index contributed by atoms with van der Waals surface area (Å²) in [6, 6.07) is 10.0. The van der Waals surface area contributed by atoms with Gasteiger partial charge in [0, 0.05) is 25.3 Å². The Bertz CT molecular complexity index is 1140. The van der Waals surface area contributed by atoms with Crippen molar-refractivity contribution in [2.75, 3.05) is 26.0 Å². The standard InChI is InChI=1S/C27H37N3O7S/c1-19(17-35-18-20-6-4-3-5-7-20)23-16-30(27(31)32)13-12-24(23)36-21-8-10-22(11-9-21)37-25-14-29-26(15-28-25)38(2,33)34/h3-7,14-15,19,21-24H,8-13,16-18H2,1-2H3,(H,31,32). The summed E-state index contributed by atoms with van der Waals surface area (Å²) in [5, 5.41) is 9.50. The molecule has 1 aromatic carbocycles. The van der Waals surface area contributed by atoms with E-state index >= 15 is 0 Å². The molecule has 1 aromatic heterocycles. The van der Waals surface area contributed by atoms with E-state index in [0.29, 0.717) is 38.6 Å². The summed E-state index contributed by atoms with van der Waals surface area (Å²) in [4.78, 5) is 21.2. The Balaban J connectivity index is 1.28. The summed E-state index contributed by atoms with van der Waals surface area (Å²) in [6.07, 6.45) is 6.66. The Morgan fingerprint density at radius 1 is 1.08 bits per heavy atom. The monoisotopic (exact) mass is 547 g/mol. The lowest BCUT2D eigenvalue weighted by Crippen LogP contribution is -2.50. The summed E-state index contributed by atoms with van der Waals surface area (Å²) in [5.74, 6) is 0.499. The van der Waals surface area contributed by atoms with E-state index in [1.165, 1.54) is 17.3 Å². The molecule has 2 fully saturated rings. The highest BCUT2D eigenvalue weighted by Crippen LogP contribution is 2.32. The molecule has 0 radical (unpaired) electrons. The smallest absolute Gasteiger partial charge is 0.407 e. The molecule has 208 valence electrons. The maximum atomic E-state index is 11.7. The minimum atomic E-state index is -3.40. The minimum Gasteiger partial charge on any atom is -0.473 e. The molecular weight excluding hydrogens is 510 g/mol. The normalized spacial score (nSPS) is 25.1. The first-order valence-electron chi connectivity index (χ1n) is 13.1. The highest BCUT2D eigenvalue weighted by Gasteiger charge is 2.37. The van der Waals surface area contributed by atoms with Gasteiger partial charge in [0.2, 0.25) is 5.88 Å². The van der Waals surface area contributed by atoms with Crippen molar-refractivity contribution in [2.24, 2.45) is 11.8 Å². The second-order valence-electron chi connectivity index (χ2n) is 10.3. The van der Waals surface area contributed by atoms with Gasteiger partial charge in [-0.2, -0.15) is 0 Å². The van der Waals surface area contributed by atoms with Crippen LogP contribution in [0.1, 0.15) is 44.6 Å². The number of carbonyl (C=O) groups is 1.